The Morgan fingerprint density at radius 3 is 2.68 bits per heavy atom. The number of para-hydroxylation sites is 1. The van der Waals surface area contributed by atoms with E-state index in [4.69, 9.17) is 5.73 Å². The molecule has 0 radical (unpaired) electrons. The molecule has 3 N–H and O–H groups in total. The fraction of sp³-hybridized carbons (Fsp3) is 0.381. The van der Waals surface area contributed by atoms with Gasteiger partial charge in [0.25, 0.3) is 0 Å². The molecule has 2 aromatic carbocycles. The number of nitrogens with one attached hydrogen (secondary N) is 1. The third-order valence-corrected chi connectivity index (χ3v) is 4.72. The van der Waals surface area contributed by atoms with Gasteiger partial charge in [0, 0.05) is 24.5 Å². The Morgan fingerprint density at radius 2 is 1.88 bits per heavy atom. The van der Waals surface area contributed by atoms with Crippen LogP contribution in [0.4, 0.5) is 11.4 Å². The van der Waals surface area contributed by atoms with Crippen molar-refractivity contribution in [1.82, 2.24) is 0 Å². The van der Waals surface area contributed by atoms with Crippen LogP contribution < -0.4 is 16.0 Å². The highest BCUT2D eigenvalue weighted by Gasteiger charge is 2.13. The zero-order chi connectivity index (χ0) is 17.5. The minimum absolute atomic E-state index is 0.460. The molecule has 25 heavy (non-hydrogen) atoms. The van der Waals surface area contributed by atoms with E-state index in [0.29, 0.717) is 12.5 Å². The number of guanidine groups is 1. The molecule has 0 bridgehead atoms. The van der Waals surface area contributed by atoms with Gasteiger partial charge >= 0.3 is 0 Å². The highest BCUT2D eigenvalue weighted by molar-refractivity contribution is 5.92. The molecule has 0 unspecified atom stereocenters. The van der Waals surface area contributed by atoms with Crippen molar-refractivity contribution in [3.05, 3.63) is 59.7 Å². The largest absolute Gasteiger partial charge is 0.371 e. The topological polar surface area (TPSA) is 53.6 Å². The van der Waals surface area contributed by atoms with E-state index in [0.717, 1.165) is 25.2 Å². The molecule has 3 rings (SSSR count). The summed E-state index contributed by atoms with van der Waals surface area (Å²) in [5, 5.41) is 3.20. The summed E-state index contributed by atoms with van der Waals surface area (Å²) in [6.45, 7) is 5.02. The van der Waals surface area contributed by atoms with Crippen molar-refractivity contribution in [3.8, 4) is 0 Å². The number of nitrogens with two attached hydrogens (primary N) is 1. The van der Waals surface area contributed by atoms with E-state index in [-0.39, 0.29) is 0 Å². The van der Waals surface area contributed by atoms with E-state index in [1.165, 1.54) is 36.1 Å². The molecular formula is C21H28N4. The van der Waals surface area contributed by atoms with Crippen LogP contribution in [0, 0.1) is 0 Å². The minimum atomic E-state index is 0.460. The van der Waals surface area contributed by atoms with Crippen molar-refractivity contribution in [3.63, 3.8) is 0 Å². The first-order chi connectivity index (χ1) is 12.3. The third-order valence-electron chi connectivity index (χ3n) is 4.72. The molecule has 0 aliphatic carbocycles. The van der Waals surface area contributed by atoms with Crippen LogP contribution in [0.15, 0.2) is 53.5 Å². The van der Waals surface area contributed by atoms with Gasteiger partial charge in [0.1, 0.15) is 0 Å². The fourth-order valence-corrected chi connectivity index (χ4v) is 3.31. The lowest BCUT2D eigenvalue weighted by Gasteiger charge is -2.30. The van der Waals surface area contributed by atoms with E-state index in [1.807, 2.05) is 12.1 Å². The number of nitrogens with zero attached hydrogens (tertiary/aromatic N) is 2. The lowest BCUT2D eigenvalue weighted by Crippen LogP contribution is -2.30. The second-order valence-corrected chi connectivity index (χ2v) is 6.56. The van der Waals surface area contributed by atoms with E-state index in [2.05, 4.69) is 58.5 Å². The Balaban J connectivity index is 1.68. The monoisotopic (exact) mass is 336 g/mol. The second kappa shape index (κ2) is 8.56. The van der Waals surface area contributed by atoms with Crippen LogP contribution in [-0.2, 0) is 13.0 Å². The average molecular weight is 336 g/mol. The molecular weight excluding hydrogens is 308 g/mol. The first-order valence-electron chi connectivity index (χ1n) is 9.25. The van der Waals surface area contributed by atoms with Crippen molar-refractivity contribution in [1.29, 1.82) is 0 Å². The van der Waals surface area contributed by atoms with Gasteiger partial charge in [-0.1, -0.05) is 37.3 Å². The third kappa shape index (κ3) is 4.75. The van der Waals surface area contributed by atoms with Crippen LogP contribution >= 0.6 is 0 Å². The number of hydrogen-bond acceptors (Lipinski definition) is 2. The number of anilines is 2. The number of aryl methyl sites for hydroxylation is 1. The van der Waals surface area contributed by atoms with Gasteiger partial charge in [-0.05, 0) is 55.0 Å². The zero-order valence-corrected chi connectivity index (χ0v) is 15.0. The standard InChI is InChI=1S/C21H28N4/c1-2-17-9-8-11-19(15-17)24-21(22)23-16-18-10-4-5-12-20(18)25-13-6-3-7-14-25/h4-5,8-12,15H,2-3,6-7,13-14,16H2,1H3,(H3,22,23,24). The quantitative estimate of drug-likeness (QED) is 0.636. The minimum Gasteiger partial charge on any atom is -0.371 e. The Bertz CT molecular complexity index is 717. The smallest absolute Gasteiger partial charge is 0.193 e. The van der Waals surface area contributed by atoms with Gasteiger partial charge in [-0.2, -0.15) is 0 Å². The maximum absolute atomic E-state index is 6.10. The van der Waals surface area contributed by atoms with Gasteiger partial charge in [-0.3, -0.25) is 0 Å². The van der Waals surface area contributed by atoms with Crippen LogP contribution in [-0.4, -0.2) is 19.0 Å². The van der Waals surface area contributed by atoms with Crippen LogP contribution in [0.2, 0.25) is 0 Å². The maximum Gasteiger partial charge on any atom is 0.193 e. The molecule has 1 saturated heterocycles. The van der Waals surface area contributed by atoms with Crippen LogP contribution in [0.3, 0.4) is 0 Å². The summed E-state index contributed by atoms with van der Waals surface area (Å²) in [5.41, 5.74) is 10.9. The zero-order valence-electron chi connectivity index (χ0n) is 15.0. The molecule has 1 heterocycles. The maximum atomic E-state index is 6.10. The van der Waals surface area contributed by atoms with Gasteiger partial charge in [-0.15, -0.1) is 0 Å². The van der Waals surface area contributed by atoms with Gasteiger partial charge < -0.3 is 16.0 Å². The molecule has 0 amide bonds. The summed E-state index contributed by atoms with van der Waals surface area (Å²) in [5.74, 6) is 0.460. The number of hydrogen-bond donors (Lipinski definition) is 2. The Labute approximate surface area is 150 Å². The summed E-state index contributed by atoms with van der Waals surface area (Å²) in [4.78, 5) is 7.03. The summed E-state index contributed by atoms with van der Waals surface area (Å²) < 4.78 is 0. The van der Waals surface area contributed by atoms with Crippen LogP contribution in [0.5, 0.6) is 0 Å². The predicted octanol–water partition coefficient (Wildman–Crippen LogP) is 4.17. The lowest BCUT2D eigenvalue weighted by molar-refractivity contribution is 0.576. The molecule has 4 nitrogen and oxygen atoms in total. The molecule has 132 valence electrons. The number of piperidine rings is 1. The van der Waals surface area contributed by atoms with Gasteiger partial charge in [0.2, 0.25) is 0 Å². The van der Waals surface area contributed by atoms with E-state index in [9.17, 15) is 0 Å². The van der Waals surface area contributed by atoms with Crippen molar-refractivity contribution in [2.45, 2.75) is 39.2 Å². The van der Waals surface area contributed by atoms with Crippen molar-refractivity contribution >= 4 is 17.3 Å². The summed E-state index contributed by atoms with van der Waals surface area (Å²) in [6.07, 6.45) is 4.89. The highest BCUT2D eigenvalue weighted by atomic mass is 15.1. The van der Waals surface area contributed by atoms with Crippen LogP contribution in [0.25, 0.3) is 0 Å². The molecule has 4 heteroatoms. The van der Waals surface area contributed by atoms with Crippen molar-refractivity contribution in [2.75, 3.05) is 23.3 Å². The average Bonchev–Trinajstić information content (AvgIpc) is 2.67. The predicted molar refractivity (Wildman–Crippen MR) is 107 cm³/mol. The first-order valence-corrected chi connectivity index (χ1v) is 9.25. The van der Waals surface area contributed by atoms with Gasteiger partial charge in [0.05, 0.1) is 6.54 Å². The summed E-state index contributed by atoms with van der Waals surface area (Å²) in [6, 6.07) is 16.8. The number of rotatable bonds is 5. The highest BCUT2D eigenvalue weighted by Crippen LogP contribution is 2.24. The normalized spacial score (nSPS) is 15.2. The van der Waals surface area contributed by atoms with Crippen molar-refractivity contribution in [2.24, 2.45) is 10.7 Å². The van der Waals surface area contributed by atoms with Crippen LogP contribution in [0.1, 0.15) is 37.3 Å². The van der Waals surface area contributed by atoms with E-state index < -0.39 is 0 Å². The van der Waals surface area contributed by atoms with E-state index >= 15 is 0 Å². The van der Waals surface area contributed by atoms with Crippen molar-refractivity contribution < 1.29 is 0 Å². The Morgan fingerprint density at radius 1 is 1.08 bits per heavy atom. The molecule has 1 fully saturated rings. The van der Waals surface area contributed by atoms with Gasteiger partial charge in [0.15, 0.2) is 5.96 Å². The summed E-state index contributed by atoms with van der Waals surface area (Å²) in [7, 11) is 0. The fourth-order valence-electron chi connectivity index (χ4n) is 3.31. The number of benzene rings is 2. The molecule has 2 aromatic rings. The molecule has 0 spiro atoms. The lowest BCUT2D eigenvalue weighted by atomic mass is 10.1. The first kappa shape index (κ1) is 17.3. The molecule has 1 aliphatic rings. The molecule has 0 aromatic heterocycles. The SMILES string of the molecule is CCc1cccc(NC(N)=NCc2ccccc2N2CCCCC2)c1. The molecule has 1 aliphatic heterocycles. The van der Waals surface area contributed by atoms with E-state index in [1.54, 1.807) is 0 Å². The van der Waals surface area contributed by atoms with Gasteiger partial charge in [-0.25, -0.2) is 4.99 Å². The Kier molecular flexibility index (Phi) is 5.94. The molecule has 0 saturated carbocycles. The summed E-state index contributed by atoms with van der Waals surface area (Å²) >= 11 is 0. The number of aliphatic imine (C=N–C) groups is 1. The molecule has 0 atom stereocenters. The second-order valence-electron chi connectivity index (χ2n) is 6.56. The Hall–Kier alpha value is -2.49.